The van der Waals surface area contributed by atoms with E-state index < -0.39 is 0 Å². The number of benzene rings is 9. The molecule has 51 heavy (non-hydrogen) atoms. The highest BCUT2D eigenvalue weighted by Gasteiger charge is 2.15. The van der Waals surface area contributed by atoms with Crippen molar-refractivity contribution in [1.82, 2.24) is 0 Å². The largest absolute Gasteiger partial charge is 0.310 e. The molecule has 0 saturated heterocycles. The average molecular weight is 650 g/mol. The standard InChI is InChI=1S/C50H35N/c1-4-12-36(13-5-1)42-28-32-48(39-14-6-2-7-15-39)50(35-42)41-22-20-37(21-23-41)38-26-29-45(30-27-38)51(44-17-8-3-9-18-44)46-31-33-49-43(34-46)25-24-40-16-10-11-19-47(40)49/h1-35H. The number of para-hydroxylation sites is 1. The minimum absolute atomic E-state index is 1.12. The molecule has 0 fully saturated rings. The zero-order valence-corrected chi connectivity index (χ0v) is 28.2. The Hall–Kier alpha value is -6.70. The molecule has 0 atom stereocenters. The normalized spacial score (nSPS) is 11.1. The van der Waals surface area contributed by atoms with Gasteiger partial charge in [-0.25, -0.2) is 0 Å². The van der Waals surface area contributed by atoms with Gasteiger partial charge in [-0.05, 0) is 109 Å². The van der Waals surface area contributed by atoms with Gasteiger partial charge in [0, 0.05) is 17.1 Å². The smallest absolute Gasteiger partial charge is 0.0468 e. The van der Waals surface area contributed by atoms with Gasteiger partial charge in [-0.3, -0.25) is 0 Å². The van der Waals surface area contributed by atoms with Crippen LogP contribution in [-0.2, 0) is 0 Å². The van der Waals surface area contributed by atoms with E-state index in [9.17, 15) is 0 Å². The molecule has 0 unspecified atom stereocenters. The minimum atomic E-state index is 1.12. The van der Waals surface area contributed by atoms with Crippen molar-refractivity contribution in [2.75, 3.05) is 4.90 Å². The first kappa shape index (κ1) is 30.4. The van der Waals surface area contributed by atoms with Crippen LogP contribution in [0.15, 0.2) is 212 Å². The van der Waals surface area contributed by atoms with Crippen molar-refractivity contribution in [3.63, 3.8) is 0 Å². The van der Waals surface area contributed by atoms with Gasteiger partial charge in [0.05, 0.1) is 0 Å². The molecule has 0 bridgehead atoms. The zero-order chi connectivity index (χ0) is 34.0. The molecule has 0 aliphatic carbocycles. The van der Waals surface area contributed by atoms with Crippen molar-refractivity contribution in [1.29, 1.82) is 0 Å². The van der Waals surface area contributed by atoms with Gasteiger partial charge in [-0.15, -0.1) is 0 Å². The van der Waals surface area contributed by atoms with E-state index in [1.165, 1.54) is 66.1 Å². The molecule has 1 heteroatoms. The van der Waals surface area contributed by atoms with Crippen molar-refractivity contribution in [2.45, 2.75) is 0 Å². The van der Waals surface area contributed by atoms with Crippen LogP contribution in [0.5, 0.6) is 0 Å². The van der Waals surface area contributed by atoms with E-state index >= 15 is 0 Å². The third-order valence-corrected chi connectivity index (χ3v) is 9.87. The molecule has 0 aromatic heterocycles. The first-order valence-electron chi connectivity index (χ1n) is 17.5. The first-order valence-corrected chi connectivity index (χ1v) is 17.5. The summed E-state index contributed by atoms with van der Waals surface area (Å²) in [6.45, 7) is 0. The molecule has 9 aromatic rings. The summed E-state index contributed by atoms with van der Waals surface area (Å²) in [6.07, 6.45) is 0. The monoisotopic (exact) mass is 649 g/mol. The number of hydrogen-bond acceptors (Lipinski definition) is 1. The molecule has 0 amide bonds. The molecule has 1 nitrogen and oxygen atoms in total. The fourth-order valence-electron chi connectivity index (χ4n) is 7.27. The highest BCUT2D eigenvalue weighted by Crippen LogP contribution is 2.39. The Morgan fingerprint density at radius 3 is 1.43 bits per heavy atom. The second-order valence-electron chi connectivity index (χ2n) is 13.0. The summed E-state index contributed by atoms with van der Waals surface area (Å²) in [5, 5.41) is 5.04. The molecular formula is C50H35N. The van der Waals surface area contributed by atoms with E-state index in [1.807, 2.05) is 0 Å². The molecule has 0 aliphatic heterocycles. The quantitative estimate of drug-likeness (QED) is 0.155. The molecule has 240 valence electrons. The van der Waals surface area contributed by atoms with Crippen LogP contribution in [0.25, 0.3) is 66.1 Å². The summed E-state index contributed by atoms with van der Waals surface area (Å²) in [4.78, 5) is 2.34. The lowest BCUT2D eigenvalue weighted by Gasteiger charge is -2.26. The molecule has 0 aliphatic rings. The lowest BCUT2D eigenvalue weighted by atomic mass is 9.90. The second kappa shape index (κ2) is 13.3. The van der Waals surface area contributed by atoms with Crippen molar-refractivity contribution in [3.8, 4) is 44.5 Å². The van der Waals surface area contributed by atoms with Gasteiger partial charge in [-0.2, -0.15) is 0 Å². The van der Waals surface area contributed by atoms with Crippen molar-refractivity contribution in [3.05, 3.63) is 212 Å². The Morgan fingerprint density at radius 2 is 0.706 bits per heavy atom. The Bertz CT molecular complexity index is 2590. The maximum atomic E-state index is 2.34. The van der Waals surface area contributed by atoms with Gasteiger partial charge in [-0.1, -0.05) is 170 Å². The fourth-order valence-corrected chi connectivity index (χ4v) is 7.27. The highest BCUT2D eigenvalue weighted by atomic mass is 15.1. The Kier molecular flexibility index (Phi) is 7.92. The van der Waals surface area contributed by atoms with Gasteiger partial charge in [0.25, 0.3) is 0 Å². The van der Waals surface area contributed by atoms with Gasteiger partial charge in [0.1, 0.15) is 0 Å². The van der Waals surface area contributed by atoms with Gasteiger partial charge >= 0.3 is 0 Å². The third kappa shape index (κ3) is 5.96. The predicted octanol–water partition coefficient (Wildman–Crippen LogP) is 14.1. The lowest BCUT2D eigenvalue weighted by Crippen LogP contribution is -2.09. The number of rotatable bonds is 7. The second-order valence-corrected chi connectivity index (χ2v) is 13.0. The number of hydrogen-bond donors (Lipinski definition) is 0. The molecule has 0 saturated carbocycles. The van der Waals surface area contributed by atoms with Gasteiger partial charge < -0.3 is 4.90 Å². The van der Waals surface area contributed by atoms with Crippen LogP contribution in [-0.4, -0.2) is 0 Å². The molecule has 9 aromatic carbocycles. The number of nitrogens with zero attached hydrogens (tertiary/aromatic N) is 1. The molecule has 9 rings (SSSR count). The highest BCUT2D eigenvalue weighted by molar-refractivity contribution is 6.08. The SMILES string of the molecule is c1ccc(-c2ccc(-c3ccccc3)c(-c3ccc(-c4ccc(N(c5ccccc5)c5ccc6c(ccc7ccccc76)c5)cc4)cc3)c2)cc1. The van der Waals surface area contributed by atoms with Crippen molar-refractivity contribution >= 4 is 38.6 Å². The molecular weight excluding hydrogens is 615 g/mol. The minimum Gasteiger partial charge on any atom is -0.310 e. The Labute approximate surface area is 299 Å². The predicted molar refractivity (Wildman–Crippen MR) is 218 cm³/mol. The number of fused-ring (bicyclic) bond motifs is 3. The summed E-state index contributed by atoms with van der Waals surface area (Å²) in [5.41, 5.74) is 13.1. The van der Waals surface area contributed by atoms with E-state index in [2.05, 4.69) is 217 Å². The molecule has 0 radical (unpaired) electrons. The third-order valence-electron chi connectivity index (χ3n) is 9.87. The molecule has 0 heterocycles. The number of anilines is 3. The first-order chi connectivity index (χ1) is 25.3. The van der Waals surface area contributed by atoms with Crippen LogP contribution >= 0.6 is 0 Å². The average Bonchev–Trinajstić information content (AvgIpc) is 3.22. The van der Waals surface area contributed by atoms with Crippen LogP contribution in [0.4, 0.5) is 17.1 Å². The summed E-state index contributed by atoms with van der Waals surface area (Å²) in [5.74, 6) is 0. The Morgan fingerprint density at radius 1 is 0.235 bits per heavy atom. The summed E-state index contributed by atoms with van der Waals surface area (Å²) in [6, 6.07) is 76.6. The van der Waals surface area contributed by atoms with E-state index in [4.69, 9.17) is 0 Å². The molecule has 0 N–H and O–H groups in total. The van der Waals surface area contributed by atoms with Crippen LogP contribution in [0.1, 0.15) is 0 Å². The van der Waals surface area contributed by atoms with Crippen LogP contribution in [0, 0.1) is 0 Å². The topological polar surface area (TPSA) is 3.24 Å². The van der Waals surface area contributed by atoms with E-state index in [-0.39, 0.29) is 0 Å². The summed E-state index contributed by atoms with van der Waals surface area (Å²) >= 11 is 0. The van der Waals surface area contributed by atoms with Crippen LogP contribution < -0.4 is 4.90 Å². The lowest BCUT2D eigenvalue weighted by molar-refractivity contribution is 1.29. The van der Waals surface area contributed by atoms with Gasteiger partial charge in [0.15, 0.2) is 0 Å². The van der Waals surface area contributed by atoms with Crippen LogP contribution in [0.3, 0.4) is 0 Å². The van der Waals surface area contributed by atoms with E-state index in [0.717, 1.165) is 17.1 Å². The van der Waals surface area contributed by atoms with E-state index in [0.29, 0.717) is 0 Å². The van der Waals surface area contributed by atoms with Gasteiger partial charge in [0.2, 0.25) is 0 Å². The zero-order valence-electron chi connectivity index (χ0n) is 28.2. The fraction of sp³-hybridized carbons (Fsp3) is 0. The van der Waals surface area contributed by atoms with Crippen molar-refractivity contribution < 1.29 is 0 Å². The maximum Gasteiger partial charge on any atom is 0.0468 e. The summed E-state index contributed by atoms with van der Waals surface area (Å²) in [7, 11) is 0. The maximum absolute atomic E-state index is 2.34. The van der Waals surface area contributed by atoms with E-state index in [1.54, 1.807) is 0 Å². The molecule has 0 spiro atoms. The summed E-state index contributed by atoms with van der Waals surface area (Å²) < 4.78 is 0. The van der Waals surface area contributed by atoms with Crippen LogP contribution in [0.2, 0.25) is 0 Å². The van der Waals surface area contributed by atoms with Crippen molar-refractivity contribution in [2.24, 2.45) is 0 Å². The Balaban J connectivity index is 1.06.